The van der Waals surface area contributed by atoms with Crippen molar-refractivity contribution in [3.05, 3.63) is 18.0 Å². The van der Waals surface area contributed by atoms with E-state index in [1.54, 1.807) is 24.0 Å². The zero-order valence-corrected chi connectivity index (χ0v) is 9.42. The third-order valence-electron chi connectivity index (χ3n) is 2.81. The Balaban J connectivity index is 1.88. The summed E-state index contributed by atoms with van der Waals surface area (Å²) in [5, 5.41) is 6.90. The van der Waals surface area contributed by atoms with E-state index in [-0.39, 0.29) is 11.3 Å². The van der Waals surface area contributed by atoms with Crippen LogP contribution in [0.2, 0.25) is 0 Å². The number of nitrogens with zero attached hydrogens (tertiary/aromatic N) is 2. The summed E-state index contributed by atoms with van der Waals surface area (Å²) in [6.07, 6.45) is 3.97. The van der Waals surface area contributed by atoms with E-state index in [2.05, 4.69) is 10.4 Å². The van der Waals surface area contributed by atoms with Crippen LogP contribution in [0.25, 0.3) is 0 Å². The lowest BCUT2D eigenvalue weighted by molar-refractivity contribution is 0.0940. The van der Waals surface area contributed by atoms with Gasteiger partial charge in [0.15, 0.2) is 0 Å². The van der Waals surface area contributed by atoms with E-state index in [1.165, 1.54) is 0 Å². The quantitative estimate of drug-likeness (QED) is 0.785. The number of aromatic nitrogens is 2. The van der Waals surface area contributed by atoms with Crippen LogP contribution in [0.15, 0.2) is 12.3 Å². The van der Waals surface area contributed by atoms with E-state index >= 15 is 0 Å². The second-order valence-electron chi connectivity index (χ2n) is 4.19. The second-order valence-corrected chi connectivity index (χ2v) is 4.46. The van der Waals surface area contributed by atoms with Gasteiger partial charge < -0.3 is 5.32 Å². The number of hydrogen-bond donors (Lipinski definition) is 1. The van der Waals surface area contributed by atoms with E-state index in [0.29, 0.717) is 18.1 Å². The van der Waals surface area contributed by atoms with Crippen molar-refractivity contribution in [2.45, 2.75) is 12.8 Å². The highest BCUT2D eigenvalue weighted by Gasteiger charge is 2.41. The molecule has 0 bridgehead atoms. The van der Waals surface area contributed by atoms with Crippen molar-refractivity contribution in [3.63, 3.8) is 0 Å². The van der Waals surface area contributed by atoms with Crippen molar-refractivity contribution in [1.82, 2.24) is 15.1 Å². The number of nitrogens with one attached hydrogen (secondary N) is 1. The minimum absolute atomic E-state index is 0.119. The number of rotatable bonds is 4. The summed E-state index contributed by atoms with van der Waals surface area (Å²) in [6, 6.07) is 1.70. The third kappa shape index (κ3) is 2.31. The molecule has 1 saturated carbocycles. The first-order chi connectivity index (χ1) is 7.15. The number of halogens is 1. The third-order valence-corrected chi connectivity index (χ3v) is 3.38. The highest BCUT2D eigenvalue weighted by Crippen LogP contribution is 2.45. The Morgan fingerprint density at radius 2 is 2.47 bits per heavy atom. The van der Waals surface area contributed by atoms with E-state index in [4.69, 9.17) is 11.6 Å². The van der Waals surface area contributed by atoms with Gasteiger partial charge >= 0.3 is 0 Å². The number of hydrogen-bond acceptors (Lipinski definition) is 2. The molecular weight excluding hydrogens is 214 g/mol. The molecular formula is C10H14ClN3O. The van der Waals surface area contributed by atoms with E-state index in [1.807, 2.05) is 0 Å². The Hall–Kier alpha value is -1.03. The van der Waals surface area contributed by atoms with Gasteiger partial charge in [0.1, 0.15) is 5.69 Å². The smallest absolute Gasteiger partial charge is 0.271 e. The number of carbonyl (C=O) groups excluding carboxylic acids is 1. The Bertz CT molecular complexity index is 370. The number of carbonyl (C=O) groups is 1. The van der Waals surface area contributed by atoms with Gasteiger partial charge in [-0.1, -0.05) is 0 Å². The Morgan fingerprint density at radius 1 is 1.73 bits per heavy atom. The van der Waals surface area contributed by atoms with Crippen molar-refractivity contribution in [1.29, 1.82) is 0 Å². The second kappa shape index (κ2) is 3.85. The average molecular weight is 228 g/mol. The van der Waals surface area contributed by atoms with E-state index < -0.39 is 0 Å². The van der Waals surface area contributed by atoms with Gasteiger partial charge in [-0.3, -0.25) is 9.48 Å². The summed E-state index contributed by atoms with van der Waals surface area (Å²) in [5.74, 6) is 0.502. The van der Waals surface area contributed by atoms with Crippen LogP contribution in [0.1, 0.15) is 23.3 Å². The highest BCUT2D eigenvalue weighted by atomic mass is 35.5. The maximum absolute atomic E-state index is 11.6. The summed E-state index contributed by atoms with van der Waals surface area (Å²) >= 11 is 5.82. The molecule has 0 aliphatic heterocycles. The van der Waals surface area contributed by atoms with Gasteiger partial charge in [0.25, 0.3) is 5.91 Å². The lowest BCUT2D eigenvalue weighted by Gasteiger charge is -2.11. The van der Waals surface area contributed by atoms with Crippen LogP contribution in [0.3, 0.4) is 0 Å². The predicted molar refractivity (Wildman–Crippen MR) is 57.9 cm³/mol. The Morgan fingerprint density at radius 3 is 2.93 bits per heavy atom. The van der Waals surface area contributed by atoms with Gasteiger partial charge in [-0.25, -0.2) is 0 Å². The molecule has 0 spiro atoms. The molecule has 1 aliphatic rings. The molecule has 4 nitrogen and oxygen atoms in total. The van der Waals surface area contributed by atoms with Crippen LogP contribution < -0.4 is 5.32 Å². The molecule has 82 valence electrons. The van der Waals surface area contributed by atoms with Gasteiger partial charge in [0.2, 0.25) is 0 Å². The zero-order chi connectivity index (χ0) is 10.9. The average Bonchev–Trinajstić information content (AvgIpc) is 2.90. The maximum Gasteiger partial charge on any atom is 0.271 e. The molecule has 1 heterocycles. The molecule has 0 atom stereocenters. The molecule has 15 heavy (non-hydrogen) atoms. The van der Waals surface area contributed by atoms with Crippen molar-refractivity contribution in [2.75, 3.05) is 12.4 Å². The highest BCUT2D eigenvalue weighted by molar-refractivity contribution is 6.18. The number of alkyl halides is 1. The molecule has 1 N–H and O–H groups in total. The van der Waals surface area contributed by atoms with Gasteiger partial charge in [0, 0.05) is 31.1 Å². The summed E-state index contributed by atoms with van der Waals surface area (Å²) < 4.78 is 1.61. The van der Waals surface area contributed by atoms with Gasteiger partial charge in [-0.15, -0.1) is 11.6 Å². The SMILES string of the molecule is Cn1ccc(C(=O)NCC2(CCl)CC2)n1. The largest absolute Gasteiger partial charge is 0.350 e. The fourth-order valence-corrected chi connectivity index (χ4v) is 1.79. The Kier molecular flexibility index (Phi) is 2.69. The van der Waals surface area contributed by atoms with Crippen LogP contribution in [-0.2, 0) is 7.05 Å². The normalized spacial score (nSPS) is 17.5. The van der Waals surface area contributed by atoms with Crippen molar-refractivity contribution in [3.8, 4) is 0 Å². The van der Waals surface area contributed by atoms with Crippen molar-refractivity contribution < 1.29 is 4.79 Å². The monoisotopic (exact) mass is 227 g/mol. The molecule has 0 radical (unpaired) electrons. The van der Waals surface area contributed by atoms with Crippen LogP contribution in [-0.4, -0.2) is 28.1 Å². The topological polar surface area (TPSA) is 46.9 Å². The first-order valence-electron chi connectivity index (χ1n) is 4.99. The van der Waals surface area contributed by atoms with E-state index in [0.717, 1.165) is 12.8 Å². The maximum atomic E-state index is 11.6. The molecule has 1 aromatic heterocycles. The van der Waals surface area contributed by atoms with Crippen LogP contribution in [0.4, 0.5) is 0 Å². The Labute approximate surface area is 93.6 Å². The summed E-state index contributed by atoms with van der Waals surface area (Å²) in [4.78, 5) is 11.6. The first-order valence-corrected chi connectivity index (χ1v) is 5.52. The molecule has 5 heteroatoms. The van der Waals surface area contributed by atoms with Crippen molar-refractivity contribution >= 4 is 17.5 Å². The molecule has 1 aliphatic carbocycles. The molecule has 1 fully saturated rings. The number of amides is 1. The molecule has 1 aromatic rings. The predicted octanol–water partition coefficient (Wildman–Crippen LogP) is 1.17. The van der Waals surface area contributed by atoms with Crippen LogP contribution in [0.5, 0.6) is 0 Å². The van der Waals surface area contributed by atoms with Crippen LogP contribution in [0, 0.1) is 5.41 Å². The lowest BCUT2D eigenvalue weighted by Crippen LogP contribution is -2.31. The fraction of sp³-hybridized carbons (Fsp3) is 0.600. The lowest BCUT2D eigenvalue weighted by atomic mass is 10.1. The summed E-state index contributed by atoms with van der Waals surface area (Å²) in [5.41, 5.74) is 0.620. The van der Waals surface area contributed by atoms with Crippen LogP contribution >= 0.6 is 11.6 Å². The number of aryl methyl sites for hydroxylation is 1. The first kappa shape index (κ1) is 10.5. The van der Waals surface area contributed by atoms with Gasteiger partial charge in [0.05, 0.1) is 0 Å². The minimum Gasteiger partial charge on any atom is -0.350 e. The standard InChI is InChI=1S/C10H14ClN3O/c1-14-5-2-8(13-14)9(15)12-7-10(6-11)3-4-10/h2,5H,3-4,6-7H2,1H3,(H,12,15). The molecule has 0 unspecified atom stereocenters. The fourth-order valence-electron chi connectivity index (χ4n) is 1.43. The van der Waals surface area contributed by atoms with Gasteiger partial charge in [-0.05, 0) is 18.9 Å². The molecule has 0 aromatic carbocycles. The minimum atomic E-state index is -0.119. The zero-order valence-electron chi connectivity index (χ0n) is 8.66. The summed E-state index contributed by atoms with van der Waals surface area (Å²) in [6.45, 7) is 0.659. The summed E-state index contributed by atoms with van der Waals surface area (Å²) in [7, 11) is 1.79. The molecule has 1 amide bonds. The molecule has 0 saturated heterocycles. The van der Waals surface area contributed by atoms with Gasteiger partial charge in [-0.2, -0.15) is 5.10 Å². The van der Waals surface area contributed by atoms with E-state index in [9.17, 15) is 4.79 Å². The van der Waals surface area contributed by atoms with Crippen molar-refractivity contribution in [2.24, 2.45) is 12.5 Å². The molecule has 2 rings (SSSR count).